The van der Waals surface area contributed by atoms with Gasteiger partial charge in [-0.25, -0.2) is 0 Å². The van der Waals surface area contributed by atoms with Gasteiger partial charge in [-0.1, -0.05) is 30.3 Å². The Bertz CT molecular complexity index is 741. The van der Waals surface area contributed by atoms with Gasteiger partial charge in [0.25, 0.3) is 0 Å². The van der Waals surface area contributed by atoms with Gasteiger partial charge in [0.15, 0.2) is 0 Å². The lowest BCUT2D eigenvalue weighted by molar-refractivity contribution is 0.133. The first-order chi connectivity index (χ1) is 9.04. The third-order valence-corrected chi connectivity index (χ3v) is 2.99. The van der Waals surface area contributed by atoms with Crippen molar-refractivity contribution in [1.82, 2.24) is 4.98 Å². The SMILES string of the molecule is CC(C)(C)Oc1cccc2ccc3cccnc3c12. The van der Waals surface area contributed by atoms with Gasteiger partial charge in [0, 0.05) is 11.6 Å². The number of benzene rings is 2. The molecule has 0 saturated heterocycles. The van der Waals surface area contributed by atoms with E-state index in [0.29, 0.717) is 0 Å². The third kappa shape index (κ3) is 2.26. The first-order valence-electron chi connectivity index (χ1n) is 6.50. The minimum Gasteiger partial charge on any atom is -0.487 e. The highest BCUT2D eigenvalue weighted by Crippen LogP contribution is 2.33. The summed E-state index contributed by atoms with van der Waals surface area (Å²) in [6.07, 6.45) is 1.83. The van der Waals surface area contributed by atoms with Crippen LogP contribution in [0.15, 0.2) is 48.7 Å². The Hall–Kier alpha value is -2.09. The summed E-state index contributed by atoms with van der Waals surface area (Å²) in [7, 11) is 0. The van der Waals surface area contributed by atoms with E-state index in [-0.39, 0.29) is 5.60 Å². The van der Waals surface area contributed by atoms with E-state index in [0.717, 1.165) is 27.4 Å². The van der Waals surface area contributed by atoms with E-state index in [1.165, 1.54) is 0 Å². The highest BCUT2D eigenvalue weighted by Gasteiger charge is 2.15. The second-order valence-corrected chi connectivity index (χ2v) is 5.71. The summed E-state index contributed by atoms with van der Waals surface area (Å²) in [4.78, 5) is 4.52. The molecule has 0 saturated carbocycles. The molecule has 2 heteroatoms. The first kappa shape index (κ1) is 12.0. The van der Waals surface area contributed by atoms with Crippen LogP contribution in [0.25, 0.3) is 21.7 Å². The van der Waals surface area contributed by atoms with Crippen molar-refractivity contribution in [3.05, 3.63) is 48.7 Å². The zero-order chi connectivity index (χ0) is 13.5. The summed E-state index contributed by atoms with van der Waals surface area (Å²) in [5.41, 5.74) is 0.783. The molecule has 0 aliphatic carbocycles. The van der Waals surface area contributed by atoms with Crippen molar-refractivity contribution in [3.63, 3.8) is 0 Å². The Morgan fingerprint density at radius 2 is 1.63 bits per heavy atom. The van der Waals surface area contributed by atoms with E-state index in [2.05, 4.69) is 50.0 Å². The lowest BCUT2D eigenvalue weighted by Crippen LogP contribution is -2.23. The molecule has 0 N–H and O–H groups in total. The van der Waals surface area contributed by atoms with Crippen molar-refractivity contribution in [3.8, 4) is 5.75 Å². The molecule has 3 rings (SSSR count). The average molecular weight is 251 g/mol. The van der Waals surface area contributed by atoms with E-state index in [4.69, 9.17) is 4.74 Å². The topological polar surface area (TPSA) is 22.1 Å². The fourth-order valence-corrected chi connectivity index (χ4v) is 2.30. The molecule has 96 valence electrons. The Balaban J connectivity index is 2.36. The predicted octanol–water partition coefficient (Wildman–Crippen LogP) is 4.57. The Labute approximate surface area is 113 Å². The molecule has 2 nitrogen and oxygen atoms in total. The van der Waals surface area contributed by atoms with E-state index in [1.54, 1.807) is 0 Å². The van der Waals surface area contributed by atoms with Gasteiger partial charge in [0.05, 0.1) is 10.9 Å². The normalized spacial score (nSPS) is 11.9. The molecular weight excluding hydrogens is 234 g/mol. The van der Waals surface area contributed by atoms with Crippen molar-refractivity contribution in [2.24, 2.45) is 0 Å². The Morgan fingerprint density at radius 1 is 0.895 bits per heavy atom. The van der Waals surface area contributed by atoms with E-state index < -0.39 is 0 Å². The van der Waals surface area contributed by atoms with Crippen LogP contribution in [0.4, 0.5) is 0 Å². The maximum atomic E-state index is 6.08. The Morgan fingerprint density at radius 3 is 2.42 bits per heavy atom. The number of pyridine rings is 1. The molecule has 19 heavy (non-hydrogen) atoms. The van der Waals surface area contributed by atoms with Crippen LogP contribution >= 0.6 is 0 Å². The summed E-state index contributed by atoms with van der Waals surface area (Å²) in [5, 5.41) is 3.39. The molecule has 0 bridgehead atoms. The van der Waals surface area contributed by atoms with Gasteiger partial charge in [0.2, 0.25) is 0 Å². The van der Waals surface area contributed by atoms with Crippen molar-refractivity contribution in [2.75, 3.05) is 0 Å². The van der Waals surface area contributed by atoms with Gasteiger partial charge in [0.1, 0.15) is 11.4 Å². The van der Waals surface area contributed by atoms with Gasteiger partial charge in [-0.15, -0.1) is 0 Å². The number of rotatable bonds is 1. The Kier molecular flexibility index (Phi) is 2.67. The van der Waals surface area contributed by atoms with Crippen molar-refractivity contribution < 1.29 is 4.74 Å². The number of ether oxygens (including phenoxy) is 1. The molecule has 0 spiro atoms. The van der Waals surface area contributed by atoms with Crippen LogP contribution < -0.4 is 4.74 Å². The molecule has 3 aromatic rings. The second-order valence-electron chi connectivity index (χ2n) is 5.71. The zero-order valence-electron chi connectivity index (χ0n) is 11.5. The summed E-state index contributed by atoms with van der Waals surface area (Å²) in [6, 6.07) is 14.4. The standard InChI is InChI=1S/C17H17NO/c1-17(2,3)19-14-8-4-6-12-9-10-13-7-5-11-18-16(13)15(12)14/h4-11H,1-3H3. The van der Waals surface area contributed by atoms with Crippen molar-refractivity contribution in [2.45, 2.75) is 26.4 Å². The van der Waals surface area contributed by atoms with Gasteiger partial charge >= 0.3 is 0 Å². The molecule has 0 fully saturated rings. The van der Waals surface area contributed by atoms with E-state index >= 15 is 0 Å². The molecule has 1 aromatic heterocycles. The summed E-state index contributed by atoms with van der Waals surface area (Å²) in [5.74, 6) is 0.898. The quantitative estimate of drug-likeness (QED) is 0.591. The minimum absolute atomic E-state index is 0.217. The highest BCUT2D eigenvalue weighted by atomic mass is 16.5. The third-order valence-electron chi connectivity index (χ3n) is 2.99. The lowest BCUT2D eigenvalue weighted by atomic mass is 10.0. The van der Waals surface area contributed by atoms with Gasteiger partial charge < -0.3 is 4.74 Å². The van der Waals surface area contributed by atoms with Crippen LogP contribution in [0.1, 0.15) is 20.8 Å². The fraction of sp³-hybridized carbons (Fsp3) is 0.235. The number of nitrogens with zero attached hydrogens (tertiary/aromatic N) is 1. The number of hydrogen-bond donors (Lipinski definition) is 0. The number of fused-ring (bicyclic) bond motifs is 3. The van der Waals surface area contributed by atoms with Crippen LogP contribution in [0.5, 0.6) is 5.75 Å². The van der Waals surface area contributed by atoms with Crippen LogP contribution in [0.2, 0.25) is 0 Å². The van der Waals surface area contributed by atoms with E-state index in [1.807, 2.05) is 24.4 Å². The molecule has 0 aliphatic heterocycles. The molecule has 0 unspecified atom stereocenters. The van der Waals surface area contributed by atoms with Crippen LogP contribution in [-0.4, -0.2) is 10.6 Å². The largest absolute Gasteiger partial charge is 0.487 e. The first-order valence-corrected chi connectivity index (χ1v) is 6.50. The highest BCUT2D eigenvalue weighted by molar-refractivity contribution is 6.08. The number of hydrogen-bond acceptors (Lipinski definition) is 2. The maximum Gasteiger partial charge on any atom is 0.130 e. The zero-order valence-corrected chi connectivity index (χ0v) is 11.5. The summed E-state index contributed by atoms with van der Waals surface area (Å²) in [6.45, 7) is 6.18. The lowest BCUT2D eigenvalue weighted by Gasteiger charge is -2.22. The summed E-state index contributed by atoms with van der Waals surface area (Å²) >= 11 is 0. The second kappa shape index (κ2) is 4.23. The minimum atomic E-state index is -0.217. The molecule has 1 heterocycles. The van der Waals surface area contributed by atoms with Gasteiger partial charge in [-0.3, -0.25) is 4.98 Å². The molecule has 2 aromatic carbocycles. The maximum absolute atomic E-state index is 6.08. The predicted molar refractivity (Wildman–Crippen MR) is 79.6 cm³/mol. The van der Waals surface area contributed by atoms with Crippen molar-refractivity contribution >= 4 is 21.7 Å². The van der Waals surface area contributed by atoms with E-state index in [9.17, 15) is 0 Å². The fourth-order valence-electron chi connectivity index (χ4n) is 2.30. The monoisotopic (exact) mass is 251 g/mol. The smallest absolute Gasteiger partial charge is 0.130 e. The van der Waals surface area contributed by atoms with Crippen LogP contribution in [-0.2, 0) is 0 Å². The molecule has 0 aliphatic rings. The average Bonchev–Trinajstić information content (AvgIpc) is 2.37. The molecular formula is C17H17NO. The van der Waals surface area contributed by atoms with Crippen molar-refractivity contribution in [1.29, 1.82) is 0 Å². The summed E-state index contributed by atoms with van der Waals surface area (Å²) < 4.78 is 6.08. The van der Waals surface area contributed by atoms with Gasteiger partial charge in [-0.05, 0) is 38.3 Å². The number of aromatic nitrogens is 1. The van der Waals surface area contributed by atoms with Crippen LogP contribution in [0.3, 0.4) is 0 Å². The molecule has 0 amide bonds. The van der Waals surface area contributed by atoms with Crippen LogP contribution in [0, 0.1) is 0 Å². The molecule has 0 radical (unpaired) electrons. The molecule has 0 atom stereocenters. The van der Waals surface area contributed by atoms with Gasteiger partial charge in [-0.2, -0.15) is 0 Å².